The molecule has 112 valence electrons. The number of hydrogen-bond donors (Lipinski definition) is 1. The minimum absolute atomic E-state index is 0.0969. The van der Waals surface area contributed by atoms with E-state index in [2.05, 4.69) is 16.8 Å². The number of nitrogens with zero attached hydrogens (tertiary/aromatic N) is 3. The summed E-state index contributed by atoms with van der Waals surface area (Å²) in [4.78, 5) is 21.2. The number of amides is 1. The molecule has 1 aromatic heterocycles. The molecule has 0 saturated carbocycles. The molecular formula is C15H20N4OS. The number of hydrogen-bond acceptors (Lipinski definition) is 5. The largest absolute Gasteiger partial charge is 0.375 e. The zero-order valence-electron chi connectivity index (χ0n) is 12.2. The molecule has 3 rings (SSSR count). The highest BCUT2D eigenvalue weighted by Gasteiger charge is 2.22. The maximum Gasteiger partial charge on any atom is 0.254 e. The summed E-state index contributed by atoms with van der Waals surface area (Å²) >= 11 is 1.45. The van der Waals surface area contributed by atoms with E-state index < -0.39 is 0 Å². The molecule has 1 saturated heterocycles. The highest BCUT2D eigenvalue weighted by atomic mass is 32.1. The molecule has 0 radical (unpaired) electrons. The summed E-state index contributed by atoms with van der Waals surface area (Å²) in [5.74, 6) is 0.0969. The van der Waals surface area contributed by atoms with Crippen molar-refractivity contribution in [3.05, 3.63) is 23.8 Å². The monoisotopic (exact) mass is 304 g/mol. The van der Waals surface area contributed by atoms with Crippen LogP contribution in [-0.4, -0.2) is 53.4 Å². The SMILES string of the molecule is CCCN1CCN(C(=O)c2ccc3sc(N)nc3c2)CC1. The van der Waals surface area contributed by atoms with E-state index in [9.17, 15) is 4.79 Å². The lowest BCUT2D eigenvalue weighted by Gasteiger charge is -2.34. The number of thiazole rings is 1. The van der Waals surface area contributed by atoms with Crippen molar-refractivity contribution in [2.45, 2.75) is 13.3 Å². The Balaban J connectivity index is 1.72. The summed E-state index contributed by atoms with van der Waals surface area (Å²) in [6.07, 6.45) is 1.16. The minimum atomic E-state index is 0.0969. The zero-order chi connectivity index (χ0) is 14.8. The molecule has 6 heteroatoms. The van der Waals surface area contributed by atoms with E-state index in [1.54, 1.807) is 0 Å². The molecular weight excluding hydrogens is 284 g/mol. The van der Waals surface area contributed by atoms with Gasteiger partial charge in [-0.3, -0.25) is 9.69 Å². The Morgan fingerprint density at radius 3 is 2.81 bits per heavy atom. The van der Waals surface area contributed by atoms with Crippen LogP contribution in [0.25, 0.3) is 10.2 Å². The molecule has 1 aliphatic rings. The van der Waals surface area contributed by atoms with Crippen LogP contribution in [0.4, 0.5) is 5.13 Å². The number of fused-ring (bicyclic) bond motifs is 1. The highest BCUT2D eigenvalue weighted by Crippen LogP contribution is 2.25. The van der Waals surface area contributed by atoms with Gasteiger partial charge < -0.3 is 10.6 Å². The third-order valence-electron chi connectivity index (χ3n) is 3.85. The smallest absolute Gasteiger partial charge is 0.254 e. The number of piperazine rings is 1. The van der Waals surface area contributed by atoms with Gasteiger partial charge in [0.05, 0.1) is 10.2 Å². The Morgan fingerprint density at radius 2 is 2.10 bits per heavy atom. The fourth-order valence-corrected chi connectivity index (χ4v) is 3.47. The zero-order valence-corrected chi connectivity index (χ0v) is 13.0. The Morgan fingerprint density at radius 1 is 1.33 bits per heavy atom. The van der Waals surface area contributed by atoms with Crippen LogP contribution in [0.1, 0.15) is 23.7 Å². The summed E-state index contributed by atoms with van der Waals surface area (Å²) in [7, 11) is 0. The second-order valence-corrected chi connectivity index (χ2v) is 6.43. The van der Waals surface area contributed by atoms with Gasteiger partial charge in [0.25, 0.3) is 5.91 Å². The van der Waals surface area contributed by atoms with Gasteiger partial charge in [-0.2, -0.15) is 0 Å². The van der Waals surface area contributed by atoms with Gasteiger partial charge in [0.2, 0.25) is 0 Å². The van der Waals surface area contributed by atoms with Gasteiger partial charge >= 0.3 is 0 Å². The number of rotatable bonds is 3. The van der Waals surface area contributed by atoms with Crippen molar-refractivity contribution in [3.8, 4) is 0 Å². The highest BCUT2D eigenvalue weighted by molar-refractivity contribution is 7.22. The molecule has 0 spiro atoms. The molecule has 2 heterocycles. The summed E-state index contributed by atoms with van der Waals surface area (Å²) < 4.78 is 1.02. The van der Waals surface area contributed by atoms with E-state index in [4.69, 9.17) is 5.73 Å². The molecule has 2 aromatic rings. The number of anilines is 1. The third-order valence-corrected chi connectivity index (χ3v) is 4.72. The number of aromatic nitrogens is 1. The summed E-state index contributed by atoms with van der Waals surface area (Å²) in [5.41, 5.74) is 7.23. The van der Waals surface area contributed by atoms with Crippen LogP contribution in [0.5, 0.6) is 0 Å². The van der Waals surface area contributed by atoms with E-state index >= 15 is 0 Å². The van der Waals surface area contributed by atoms with Gasteiger partial charge in [-0.05, 0) is 31.2 Å². The van der Waals surface area contributed by atoms with Crippen LogP contribution in [0.15, 0.2) is 18.2 Å². The van der Waals surface area contributed by atoms with Crippen LogP contribution < -0.4 is 5.73 Å². The van der Waals surface area contributed by atoms with Crippen molar-refractivity contribution in [1.29, 1.82) is 0 Å². The number of carbonyl (C=O) groups is 1. The van der Waals surface area contributed by atoms with Gasteiger partial charge in [0, 0.05) is 31.7 Å². The Hall–Kier alpha value is -1.66. The number of nitrogen functional groups attached to an aromatic ring is 1. The van der Waals surface area contributed by atoms with Crippen LogP contribution in [-0.2, 0) is 0 Å². The second-order valence-electron chi connectivity index (χ2n) is 5.37. The van der Waals surface area contributed by atoms with Crippen molar-refractivity contribution in [2.24, 2.45) is 0 Å². The van der Waals surface area contributed by atoms with Crippen molar-refractivity contribution in [2.75, 3.05) is 38.5 Å². The van der Waals surface area contributed by atoms with Crippen molar-refractivity contribution < 1.29 is 4.79 Å². The Bertz CT molecular complexity index is 646. The van der Waals surface area contributed by atoms with E-state index in [1.165, 1.54) is 11.3 Å². The second kappa shape index (κ2) is 5.99. The van der Waals surface area contributed by atoms with Gasteiger partial charge in [0.1, 0.15) is 0 Å². The lowest BCUT2D eigenvalue weighted by molar-refractivity contribution is 0.0637. The normalized spacial score (nSPS) is 16.5. The summed E-state index contributed by atoms with van der Waals surface area (Å²) in [5, 5.41) is 0.544. The molecule has 0 bridgehead atoms. The lowest BCUT2D eigenvalue weighted by atomic mass is 10.1. The topological polar surface area (TPSA) is 62.5 Å². The van der Waals surface area contributed by atoms with E-state index in [0.717, 1.165) is 49.4 Å². The molecule has 21 heavy (non-hydrogen) atoms. The van der Waals surface area contributed by atoms with E-state index in [1.807, 2.05) is 23.1 Å². The van der Waals surface area contributed by atoms with Crippen molar-refractivity contribution in [1.82, 2.24) is 14.8 Å². The molecule has 2 N–H and O–H groups in total. The van der Waals surface area contributed by atoms with Crippen LogP contribution in [0, 0.1) is 0 Å². The van der Waals surface area contributed by atoms with E-state index in [0.29, 0.717) is 10.7 Å². The fourth-order valence-electron chi connectivity index (χ4n) is 2.75. The molecule has 1 aliphatic heterocycles. The van der Waals surface area contributed by atoms with Gasteiger partial charge in [-0.1, -0.05) is 18.3 Å². The molecule has 0 atom stereocenters. The van der Waals surface area contributed by atoms with Crippen LogP contribution >= 0.6 is 11.3 Å². The first-order valence-corrected chi connectivity index (χ1v) is 8.16. The van der Waals surface area contributed by atoms with E-state index in [-0.39, 0.29) is 5.91 Å². The van der Waals surface area contributed by atoms with Crippen LogP contribution in [0.2, 0.25) is 0 Å². The molecule has 1 fully saturated rings. The number of carbonyl (C=O) groups excluding carboxylic acids is 1. The maximum absolute atomic E-state index is 12.6. The predicted molar refractivity (Wildman–Crippen MR) is 86.7 cm³/mol. The van der Waals surface area contributed by atoms with Crippen molar-refractivity contribution >= 4 is 32.6 Å². The first-order chi connectivity index (χ1) is 10.2. The first kappa shape index (κ1) is 14.3. The number of nitrogens with two attached hydrogens (primary N) is 1. The molecule has 0 unspecified atom stereocenters. The fraction of sp³-hybridized carbons (Fsp3) is 0.467. The summed E-state index contributed by atoms with van der Waals surface area (Å²) in [6, 6.07) is 5.66. The Labute approximate surface area is 128 Å². The molecule has 5 nitrogen and oxygen atoms in total. The average molecular weight is 304 g/mol. The molecule has 0 aliphatic carbocycles. The molecule has 1 aromatic carbocycles. The van der Waals surface area contributed by atoms with Gasteiger partial charge in [-0.15, -0.1) is 0 Å². The molecule has 1 amide bonds. The minimum Gasteiger partial charge on any atom is -0.375 e. The maximum atomic E-state index is 12.6. The summed E-state index contributed by atoms with van der Waals surface area (Å²) in [6.45, 7) is 6.83. The third kappa shape index (κ3) is 3.01. The quantitative estimate of drug-likeness (QED) is 0.942. The average Bonchev–Trinajstić information content (AvgIpc) is 2.86. The first-order valence-electron chi connectivity index (χ1n) is 7.35. The standard InChI is InChI=1S/C15H20N4OS/c1-2-5-18-6-8-19(9-7-18)14(20)11-3-4-13-12(10-11)17-15(16)21-13/h3-4,10H,2,5-9H2,1H3,(H2,16,17). The number of benzene rings is 1. The predicted octanol–water partition coefficient (Wildman–Crippen LogP) is 2.05. The Kier molecular flexibility index (Phi) is 4.07. The van der Waals surface area contributed by atoms with Gasteiger partial charge in [0.15, 0.2) is 5.13 Å². The van der Waals surface area contributed by atoms with Gasteiger partial charge in [-0.25, -0.2) is 4.98 Å². The van der Waals surface area contributed by atoms with Crippen LogP contribution in [0.3, 0.4) is 0 Å². The van der Waals surface area contributed by atoms with Crippen molar-refractivity contribution in [3.63, 3.8) is 0 Å². The lowest BCUT2D eigenvalue weighted by Crippen LogP contribution is -2.48.